The number of hydrogen-bond donors (Lipinski definition) is 1. The number of nitrogens with zero attached hydrogens (tertiary/aromatic N) is 3. The molecular weight excluding hydrogens is 460 g/mol. The molecule has 8 nitrogen and oxygen atoms in total. The molecule has 1 heterocycles. The lowest BCUT2D eigenvalue weighted by atomic mass is 9.96. The van der Waals surface area contributed by atoms with Crippen LogP contribution in [0.1, 0.15) is 42.5 Å². The molecule has 1 N–H and O–H groups in total. The summed E-state index contributed by atoms with van der Waals surface area (Å²) in [6.45, 7) is 0. The lowest BCUT2D eigenvalue weighted by molar-refractivity contribution is 0.102. The predicted octanol–water partition coefficient (Wildman–Crippen LogP) is 4.66. The van der Waals surface area contributed by atoms with Crippen LogP contribution in [-0.2, 0) is 10.0 Å². The first-order valence-corrected chi connectivity index (χ1v) is 13.4. The summed E-state index contributed by atoms with van der Waals surface area (Å²) in [5.41, 5.74) is 1.05. The maximum absolute atomic E-state index is 13.0. The van der Waals surface area contributed by atoms with E-state index in [1.54, 1.807) is 18.8 Å². The molecule has 1 saturated carbocycles. The molecule has 1 aliphatic carbocycles. The largest absolute Gasteiger partial charge is 0.403 e. The highest BCUT2D eigenvalue weighted by molar-refractivity contribution is 7.98. The smallest absolute Gasteiger partial charge is 0.322 e. The van der Waals surface area contributed by atoms with Gasteiger partial charge in [-0.15, -0.1) is 16.9 Å². The Balaban J connectivity index is 1.44. The molecular formula is C23H26N4O4S2. The fourth-order valence-corrected chi connectivity index (χ4v) is 5.78. The Morgan fingerprint density at radius 2 is 1.82 bits per heavy atom. The Hall–Kier alpha value is -2.69. The topological polar surface area (TPSA) is 105 Å². The molecule has 0 spiro atoms. The molecule has 0 saturated heterocycles. The molecule has 0 radical (unpaired) electrons. The molecule has 0 unspecified atom stereocenters. The van der Waals surface area contributed by atoms with Crippen LogP contribution in [-0.4, -0.2) is 48.2 Å². The molecule has 33 heavy (non-hydrogen) atoms. The highest BCUT2D eigenvalue weighted by Crippen LogP contribution is 2.27. The fourth-order valence-electron chi connectivity index (χ4n) is 3.90. The van der Waals surface area contributed by atoms with E-state index in [2.05, 4.69) is 15.5 Å². The van der Waals surface area contributed by atoms with Gasteiger partial charge in [-0.2, -0.15) is 4.31 Å². The van der Waals surface area contributed by atoms with Crippen molar-refractivity contribution < 1.29 is 17.6 Å². The third-order valence-corrected chi connectivity index (χ3v) is 8.49. The number of sulfonamides is 1. The second-order valence-electron chi connectivity index (χ2n) is 7.94. The van der Waals surface area contributed by atoms with E-state index in [9.17, 15) is 13.2 Å². The minimum atomic E-state index is -3.61. The predicted molar refractivity (Wildman–Crippen MR) is 128 cm³/mol. The van der Waals surface area contributed by atoms with Crippen molar-refractivity contribution in [2.24, 2.45) is 0 Å². The van der Waals surface area contributed by atoms with Crippen LogP contribution in [0.2, 0.25) is 0 Å². The summed E-state index contributed by atoms with van der Waals surface area (Å²) in [5.74, 6) is -0.166. The van der Waals surface area contributed by atoms with Crippen molar-refractivity contribution in [3.8, 4) is 11.5 Å². The van der Waals surface area contributed by atoms with Crippen molar-refractivity contribution in [1.82, 2.24) is 14.5 Å². The Morgan fingerprint density at radius 3 is 2.52 bits per heavy atom. The zero-order valence-corrected chi connectivity index (χ0v) is 20.2. The number of carbonyl (C=O) groups excluding carboxylic acids is 1. The molecule has 10 heteroatoms. The molecule has 1 aliphatic rings. The van der Waals surface area contributed by atoms with E-state index in [1.165, 1.54) is 28.6 Å². The highest BCUT2D eigenvalue weighted by Gasteiger charge is 2.29. The van der Waals surface area contributed by atoms with Gasteiger partial charge in [0.1, 0.15) is 0 Å². The van der Waals surface area contributed by atoms with Crippen molar-refractivity contribution in [2.45, 2.75) is 47.9 Å². The summed E-state index contributed by atoms with van der Waals surface area (Å²) in [6, 6.07) is 13.5. The third-order valence-electron chi connectivity index (χ3n) is 5.84. The van der Waals surface area contributed by atoms with Gasteiger partial charge in [0.25, 0.3) is 5.91 Å². The van der Waals surface area contributed by atoms with Crippen LogP contribution >= 0.6 is 11.8 Å². The highest BCUT2D eigenvalue weighted by atomic mass is 32.2. The summed E-state index contributed by atoms with van der Waals surface area (Å²) < 4.78 is 33.0. The zero-order valence-electron chi connectivity index (χ0n) is 18.5. The average Bonchev–Trinajstić information content (AvgIpc) is 3.32. The Bertz CT molecular complexity index is 1220. The number of nitrogens with one attached hydrogen (secondary N) is 1. The van der Waals surface area contributed by atoms with Gasteiger partial charge in [0, 0.05) is 29.1 Å². The van der Waals surface area contributed by atoms with Crippen molar-refractivity contribution in [3.05, 3.63) is 54.1 Å². The van der Waals surface area contributed by atoms with Crippen molar-refractivity contribution >= 4 is 33.7 Å². The quantitative estimate of drug-likeness (QED) is 0.484. The Morgan fingerprint density at radius 1 is 1.09 bits per heavy atom. The van der Waals surface area contributed by atoms with Gasteiger partial charge in [-0.25, -0.2) is 8.42 Å². The summed E-state index contributed by atoms with van der Waals surface area (Å²) in [6.07, 6.45) is 6.98. The van der Waals surface area contributed by atoms with Crippen molar-refractivity contribution in [3.63, 3.8) is 0 Å². The normalized spacial score (nSPS) is 15.0. The van der Waals surface area contributed by atoms with Crippen molar-refractivity contribution in [1.29, 1.82) is 0 Å². The minimum Gasteiger partial charge on any atom is -0.403 e. The standard InChI is InChI=1S/C23H26N4O4S2/c1-27(18-8-4-3-5-9-18)33(29,30)20-13-11-16(12-14-20)21(28)24-23-26-25-22(31-23)17-7-6-10-19(15-17)32-2/h6-7,10-15,18H,3-5,8-9H2,1-2H3,(H,24,26,28). The van der Waals surface area contributed by atoms with E-state index in [0.717, 1.165) is 42.6 Å². The van der Waals surface area contributed by atoms with Crippen LogP contribution in [0.4, 0.5) is 6.01 Å². The number of aromatic nitrogens is 2. The van der Waals surface area contributed by atoms with Crippen molar-refractivity contribution in [2.75, 3.05) is 18.6 Å². The molecule has 0 aliphatic heterocycles. The minimum absolute atomic E-state index is 0.0232. The number of amides is 1. The molecule has 2 aromatic carbocycles. The summed E-state index contributed by atoms with van der Waals surface area (Å²) >= 11 is 1.60. The van der Waals surface area contributed by atoms with Gasteiger partial charge in [-0.3, -0.25) is 10.1 Å². The van der Waals surface area contributed by atoms with Crippen LogP contribution in [0.3, 0.4) is 0 Å². The molecule has 0 atom stereocenters. The summed E-state index contributed by atoms with van der Waals surface area (Å²) in [5, 5.41) is 10.4. The Labute approximate surface area is 197 Å². The second kappa shape index (κ2) is 10.1. The van der Waals surface area contributed by atoms with E-state index in [-0.39, 0.29) is 17.0 Å². The number of rotatable bonds is 7. The van der Waals surface area contributed by atoms with Crippen LogP contribution in [0.25, 0.3) is 11.5 Å². The first kappa shape index (κ1) is 23.5. The van der Waals surface area contributed by atoms with Gasteiger partial charge in [0.15, 0.2) is 0 Å². The van der Waals surface area contributed by atoms with Gasteiger partial charge >= 0.3 is 6.01 Å². The second-order valence-corrected chi connectivity index (χ2v) is 10.8. The monoisotopic (exact) mass is 486 g/mol. The van der Waals surface area contributed by atoms with Gasteiger partial charge in [-0.05, 0) is 61.6 Å². The maximum atomic E-state index is 13.0. The molecule has 3 aromatic rings. The van der Waals surface area contributed by atoms with Crippen LogP contribution < -0.4 is 5.32 Å². The fraction of sp³-hybridized carbons (Fsp3) is 0.348. The average molecular weight is 487 g/mol. The SMILES string of the molecule is CSc1cccc(-c2nnc(NC(=O)c3ccc(S(=O)(=O)N(C)C4CCCCC4)cc3)o2)c1. The van der Waals surface area contributed by atoms with E-state index < -0.39 is 15.9 Å². The zero-order chi connectivity index (χ0) is 23.4. The number of carbonyl (C=O) groups is 1. The lowest BCUT2D eigenvalue weighted by Crippen LogP contribution is -2.38. The molecule has 1 fully saturated rings. The molecule has 4 rings (SSSR count). The van der Waals surface area contributed by atoms with E-state index in [1.807, 2.05) is 30.5 Å². The molecule has 0 bridgehead atoms. The number of anilines is 1. The summed E-state index contributed by atoms with van der Waals surface area (Å²) in [4.78, 5) is 13.8. The number of hydrogen-bond acceptors (Lipinski definition) is 7. The van der Waals surface area contributed by atoms with Gasteiger partial charge in [0.2, 0.25) is 15.9 Å². The molecule has 1 amide bonds. The third kappa shape index (κ3) is 5.29. The van der Waals surface area contributed by atoms with Gasteiger partial charge in [-0.1, -0.05) is 30.4 Å². The lowest BCUT2D eigenvalue weighted by Gasteiger charge is -2.30. The van der Waals surface area contributed by atoms with E-state index >= 15 is 0 Å². The number of benzene rings is 2. The molecule has 174 valence electrons. The molecule has 1 aromatic heterocycles. The number of thioether (sulfide) groups is 1. The van der Waals surface area contributed by atoms with E-state index in [4.69, 9.17) is 4.42 Å². The van der Waals surface area contributed by atoms with Crippen LogP contribution in [0.5, 0.6) is 0 Å². The summed E-state index contributed by atoms with van der Waals surface area (Å²) in [7, 11) is -1.98. The first-order valence-electron chi connectivity index (χ1n) is 10.8. The van der Waals surface area contributed by atoms with Gasteiger partial charge < -0.3 is 4.42 Å². The maximum Gasteiger partial charge on any atom is 0.322 e. The first-order chi connectivity index (χ1) is 15.9. The van der Waals surface area contributed by atoms with E-state index in [0.29, 0.717) is 11.5 Å². The van der Waals surface area contributed by atoms with Crippen LogP contribution in [0, 0.1) is 0 Å². The van der Waals surface area contributed by atoms with Crippen LogP contribution in [0.15, 0.2) is 62.7 Å². The Kier molecular flexibility index (Phi) is 7.16. The van der Waals surface area contributed by atoms with Gasteiger partial charge in [0.05, 0.1) is 4.90 Å².